The van der Waals surface area contributed by atoms with E-state index in [0.29, 0.717) is 17.1 Å². The Balaban J connectivity index is 0.00000240. The van der Waals surface area contributed by atoms with Crippen LogP contribution in [0.3, 0.4) is 0 Å². The van der Waals surface area contributed by atoms with Crippen LogP contribution in [0.15, 0.2) is 55.0 Å². The molecule has 1 aromatic carbocycles. The summed E-state index contributed by atoms with van der Waals surface area (Å²) < 4.78 is 1.84. The van der Waals surface area contributed by atoms with Crippen LogP contribution in [0.1, 0.15) is 28.6 Å². The Morgan fingerprint density at radius 2 is 2.03 bits per heavy atom. The van der Waals surface area contributed by atoms with Gasteiger partial charge >= 0.3 is 0 Å². The molecule has 0 amide bonds. The van der Waals surface area contributed by atoms with Crippen molar-refractivity contribution >= 4 is 34.9 Å². The van der Waals surface area contributed by atoms with Crippen LogP contribution in [0, 0.1) is 18.3 Å². The van der Waals surface area contributed by atoms with Crippen LogP contribution in [0.4, 0.5) is 0 Å². The van der Waals surface area contributed by atoms with Crippen molar-refractivity contribution in [1.82, 2.24) is 19.7 Å². The maximum absolute atomic E-state index is 9.12. The number of benzene rings is 1. The number of pyridine rings is 2. The highest BCUT2D eigenvalue weighted by atomic mass is 35.5. The van der Waals surface area contributed by atoms with Crippen molar-refractivity contribution in [3.8, 4) is 11.8 Å². The predicted molar refractivity (Wildman–Crippen MR) is 115 cm³/mol. The van der Waals surface area contributed by atoms with Gasteiger partial charge in [0, 0.05) is 46.5 Å². The fourth-order valence-electron chi connectivity index (χ4n) is 3.23. The van der Waals surface area contributed by atoms with Gasteiger partial charge in [-0.3, -0.25) is 4.98 Å². The predicted octanol–water partition coefficient (Wildman–Crippen LogP) is 4.31. The first-order valence-electron chi connectivity index (χ1n) is 8.76. The van der Waals surface area contributed by atoms with E-state index in [1.54, 1.807) is 24.7 Å². The van der Waals surface area contributed by atoms with Gasteiger partial charge in [0.25, 0.3) is 0 Å². The molecule has 0 saturated carbocycles. The van der Waals surface area contributed by atoms with Crippen molar-refractivity contribution in [3.63, 3.8) is 0 Å². The molecule has 6 nitrogen and oxygen atoms in total. The number of aromatic nitrogens is 4. The van der Waals surface area contributed by atoms with Crippen molar-refractivity contribution in [2.24, 2.45) is 5.73 Å². The summed E-state index contributed by atoms with van der Waals surface area (Å²) in [5.41, 5.74) is 11.4. The Morgan fingerprint density at radius 3 is 2.83 bits per heavy atom. The summed E-state index contributed by atoms with van der Waals surface area (Å²) in [6.45, 7) is 1.96. The monoisotopic (exact) mass is 424 g/mol. The fourth-order valence-corrected chi connectivity index (χ4v) is 3.41. The van der Waals surface area contributed by atoms with Crippen molar-refractivity contribution in [2.45, 2.75) is 19.4 Å². The van der Waals surface area contributed by atoms with Gasteiger partial charge in [-0.15, -0.1) is 12.4 Å². The smallest absolute Gasteiger partial charge is 0.140 e. The third-order valence-corrected chi connectivity index (χ3v) is 4.95. The van der Waals surface area contributed by atoms with E-state index < -0.39 is 0 Å². The highest BCUT2D eigenvalue weighted by molar-refractivity contribution is 6.31. The van der Waals surface area contributed by atoms with Crippen LogP contribution in [-0.4, -0.2) is 19.7 Å². The van der Waals surface area contributed by atoms with E-state index in [0.717, 1.165) is 33.4 Å². The molecule has 0 radical (unpaired) electrons. The van der Waals surface area contributed by atoms with Gasteiger partial charge in [-0.25, -0.2) is 9.67 Å². The Bertz CT molecular complexity index is 1210. The van der Waals surface area contributed by atoms with E-state index in [4.69, 9.17) is 22.6 Å². The van der Waals surface area contributed by atoms with E-state index in [2.05, 4.69) is 21.1 Å². The van der Waals surface area contributed by atoms with Crippen LogP contribution in [0.2, 0.25) is 5.02 Å². The molecule has 8 heteroatoms. The standard InChI is InChI=1S/C21H17ClN6.ClH/c1-13-2-4-16(10-23)27-19(13)9-18(24)17-12-25-7-6-21(17)28-20-5-3-15(22)8-14(20)11-26-28;/h2-8,11-12,18H,9,24H2,1H3;1H/t18-;/m0./s1. The van der Waals surface area contributed by atoms with Crippen molar-refractivity contribution in [3.05, 3.63) is 82.5 Å². The van der Waals surface area contributed by atoms with Gasteiger partial charge in [-0.1, -0.05) is 17.7 Å². The summed E-state index contributed by atoms with van der Waals surface area (Å²) in [6.07, 6.45) is 5.74. The SMILES string of the molecule is Cc1ccc(C#N)nc1C[C@H](N)c1cnccc1-n1ncc2cc(Cl)ccc21.Cl. The first-order chi connectivity index (χ1) is 13.6. The Labute approximate surface area is 179 Å². The molecule has 0 fully saturated rings. The zero-order valence-electron chi connectivity index (χ0n) is 15.6. The molecule has 2 N–H and O–H groups in total. The number of aryl methyl sites for hydroxylation is 1. The van der Waals surface area contributed by atoms with E-state index in [-0.39, 0.29) is 18.4 Å². The highest BCUT2D eigenvalue weighted by Crippen LogP contribution is 2.27. The van der Waals surface area contributed by atoms with Crippen LogP contribution < -0.4 is 5.73 Å². The third-order valence-electron chi connectivity index (χ3n) is 4.72. The minimum Gasteiger partial charge on any atom is -0.324 e. The Kier molecular flexibility index (Phi) is 6.14. The number of nitrogens with two attached hydrogens (primary N) is 1. The summed E-state index contributed by atoms with van der Waals surface area (Å²) in [6, 6.07) is 12.9. The lowest BCUT2D eigenvalue weighted by atomic mass is 10.00. The molecule has 1 atom stereocenters. The number of rotatable bonds is 4. The number of nitrogens with zero attached hydrogens (tertiary/aromatic N) is 5. The van der Waals surface area contributed by atoms with E-state index in [9.17, 15) is 0 Å². The molecule has 146 valence electrons. The second kappa shape index (κ2) is 8.58. The molecule has 0 aliphatic heterocycles. The second-order valence-electron chi connectivity index (χ2n) is 6.58. The summed E-state index contributed by atoms with van der Waals surface area (Å²) in [5, 5.41) is 15.2. The summed E-state index contributed by atoms with van der Waals surface area (Å²) in [7, 11) is 0. The molecule has 0 spiro atoms. The maximum atomic E-state index is 9.12. The molecule has 4 aromatic rings. The minimum absolute atomic E-state index is 0. The third kappa shape index (κ3) is 4.08. The lowest BCUT2D eigenvalue weighted by Crippen LogP contribution is -2.18. The first kappa shape index (κ1) is 20.7. The largest absolute Gasteiger partial charge is 0.324 e. The zero-order chi connectivity index (χ0) is 19.7. The second-order valence-corrected chi connectivity index (χ2v) is 7.01. The number of fused-ring (bicyclic) bond motifs is 1. The molecule has 0 bridgehead atoms. The van der Waals surface area contributed by atoms with E-state index in [1.807, 2.05) is 41.9 Å². The Hall–Kier alpha value is -2.98. The molecule has 0 aliphatic carbocycles. The molecule has 0 unspecified atom stereocenters. The summed E-state index contributed by atoms with van der Waals surface area (Å²) in [4.78, 5) is 8.66. The van der Waals surface area contributed by atoms with Crippen LogP contribution in [0.5, 0.6) is 0 Å². The van der Waals surface area contributed by atoms with Crippen LogP contribution in [-0.2, 0) is 6.42 Å². The summed E-state index contributed by atoms with van der Waals surface area (Å²) >= 11 is 6.09. The zero-order valence-corrected chi connectivity index (χ0v) is 17.2. The van der Waals surface area contributed by atoms with Gasteiger partial charge in [0.05, 0.1) is 17.4 Å². The summed E-state index contributed by atoms with van der Waals surface area (Å²) in [5.74, 6) is 0. The molecule has 3 aromatic heterocycles. The van der Waals surface area contributed by atoms with Gasteiger partial charge in [-0.05, 0) is 42.8 Å². The molecular weight excluding hydrogens is 407 g/mol. The lowest BCUT2D eigenvalue weighted by Gasteiger charge is -2.17. The van der Waals surface area contributed by atoms with Gasteiger partial charge in [0.15, 0.2) is 0 Å². The topological polar surface area (TPSA) is 93.4 Å². The lowest BCUT2D eigenvalue weighted by molar-refractivity contribution is 0.688. The van der Waals surface area contributed by atoms with Crippen molar-refractivity contribution in [1.29, 1.82) is 5.26 Å². The molecular formula is C21H18Cl2N6. The quantitative estimate of drug-likeness (QED) is 0.526. The fraction of sp³-hybridized carbons (Fsp3) is 0.143. The van der Waals surface area contributed by atoms with E-state index >= 15 is 0 Å². The van der Waals surface area contributed by atoms with Gasteiger partial charge in [0.2, 0.25) is 0 Å². The number of nitriles is 1. The molecule has 4 rings (SSSR count). The normalized spacial score (nSPS) is 11.7. The first-order valence-corrected chi connectivity index (χ1v) is 9.14. The molecule has 0 saturated heterocycles. The van der Waals surface area contributed by atoms with Crippen molar-refractivity contribution < 1.29 is 0 Å². The molecule has 3 heterocycles. The van der Waals surface area contributed by atoms with E-state index in [1.165, 1.54) is 0 Å². The number of halogens is 2. The highest BCUT2D eigenvalue weighted by Gasteiger charge is 2.17. The Morgan fingerprint density at radius 1 is 1.21 bits per heavy atom. The molecule has 29 heavy (non-hydrogen) atoms. The average molecular weight is 425 g/mol. The van der Waals surface area contributed by atoms with Gasteiger partial charge in [0.1, 0.15) is 11.8 Å². The molecule has 0 aliphatic rings. The van der Waals surface area contributed by atoms with Gasteiger partial charge < -0.3 is 5.73 Å². The minimum atomic E-state index is -0.351. The number of hydrogen-bond acceptors (Lipinski definition) is 5. The van der Waals surface area contributed by atoms with Gasteiger partial charge in [-0.2, -0.15) is 10.4 Å². The number of hydrogen-bond donors (Lipinski definition) is 1. The van der Waals surface area contributed by atoms with Crippen molar-refractivity contribution in [2.75, 3.05) is 0 Å². The maximum Gasteiger partial charge on any atom is 0.140 e. The van der Waals surface area contributed by atoms with Crippen LogP contribution >= 0.6 is 24.0 Å². The van der Waals surface area contributed by atoms with Crippen LogP contribution in [0.25, 0.3) is 16.6 Å². The average Bonchev–Trinajstić information content (AvgIpc) is 3.12.